The van der Waals surface area contributed by atoms with Crippen molar-refractivity contribution in [2.75, 3.05) is 26.2 Å². The number of hydrogen-bond donors (Lipinski definition) is 3. The van der Waals surface area contributed by atoms with Crippen LogP contribution >= 0.6 is 0 Å². The van der Waals surface area contributed by atoms with Crippen LogP contribution in [0.25, 0.3) is 0 Å². The van der Waals surface area contributed by atoms with Crippen molar-refractivity contribution in [2.45, 2.75) is 26.3 Å². The third-order valence-corrected chi connectivity index (χ3v) is 6.35. The summed E-state index contributed by atoms with van der Waals surface area (Å²) in [5.74, 6) is -2.45. The normalized spacial score (nSPS) is 16.0. The highest BCUT2D eigenvalue weighted by atomic mass is 19.1. The van der Waals surface area contributed by atoms with E-state index in [4.69, 9.17) is 10.2 Å². The molecule has 0 aliphatic carbocycles. The minimum absolute atomic E-state index is 0.138. The van der Waals surface area contributed by atoms with Crippen LogP contribution in [0.4, 0.5) is 4.39 Å². The Hall–Kier alpha value is -4.38. The van der Waals surface area contributed by atoms with E-state index in [0.29, 0.717) is 36.9 Å². The summed E-state index contributed by atoms with van der Waals surface area (Å²) in [6, 6.07) is 14.0. The number of rotatable bonds is 8. The lowest BCUT2D eigenvalue weighted by Crippen LogP contribution is -2.41. The van der Waals surface area contributed by atoms with Crippen molar-refractivity contribution in [2.24, 2.45) is 11.0 Å². The first-order valence-corrected chi connectivity index (χ1v) is 12.4. The van der Waals surface area contributed by atoms with Crippen LogP contribution in [0, 0.1) is 11.7 Å². The summed E-state index contributed by atoms with van der Waals surface area (Å²) in [7, 11) is 0. The van der Waals surface area contributed by atoms with E-state index in [1.54, 1.807) is 12.1 Å². The molecular formula is C28H31FN4O6. The molecule has 4 rings (SSSR count). The zero-order valence-electron chi connectivity index (χ0n) is 21.5. The largest absolute Gasteiger partial charge is 0.478 e. The van der Waals surface area contributed by atoms with Crippen molar-refractivity contribution in [1.29, 1.82) is 0 Å². The number of carbonyl (C=O) groups is 4. The minimum atomic E-state index is -1.26. The van der Waals surface area contributed by atoms with Crippen molar-refractivity contribution in [3.63, 3.8) is 0 Å². The molecule has 2 aromatic rings. The average molecular weight is 539 g/mol. The lowest BCUT2D eigenvalue weighted by molar-refractivity contribution is -0.134. The van der Waals surface area contributed by atoms with Crippen molar-refractivity contribution >= 4 is 29.5 Å². The van der Waals surface area contributed by atoms with E-state index >= 15 is 0 Å². The Morgan fingerprint density at radius 2 is 1.64 bits per heavy atom. The Morgan fingerprint density at radius 3 is 2.21 bits per heavy atom. The number of fused-ring (bicyclic) bond motifs is 1. The summed E-state index contributed by atoms with van der Waals surface area (Å²) >= 11 is 0. The average Bonchev–Trinajstić information content (AvgIpc) is 3.22. The molecular weight excluding hydrogens is 507 g/mol. The molecule has 2 heterocycles. The van der Waals surface area contributed by atoms with Crippen molar-refractivity contribution in [3.05, 3.63) is 83.2 Å². The first-order valence-electron chi connectivity index (χ1n) is 12.4. The highest BCUT2D eigenvalue weighted by Gasteiger charge is 2.30. The monoisotopic (exact) mass is 538 g/mol. The van der Waals surface area contributed by atoms with Crippen molar-refractivity contribution < 1.29 is 33.8 Å². The first kappa shape index (κ1) is 29.2. The molecule has 1 saturated heterocycles. The second-order valence-corrected chi connectivity index (χ2v) is 9.31. The molecule has 0 saturated carbocycles. The first-order chi connectivity index (χ1) is 18.6. The number of amides is 2. The van der Waals surface area contributed by atoms with Crippen LogP contribution in [0.3, 0.4) is 0 Å². The van der Waals surface area contributed by atoms with E-state index < -0.39 is 11.9 Å². The van der Waals surface area contributed by atoms with Crippen LogP contribution in [0.1, 0.15) is 41.3 Å². The van der Waals surface area contributed by atoms with E-state index in [1.165, 1.54) is 19.1 Å². The molecule has 2 aliphatic rings. The molecule has 206 valence electrons. The fraction of sp³-hybridized carbons (Fsp3) is 0.321. The summed E-state index contributed by atoms with van der Waals surface area (Å²) in [4.78, 5) is 47.3. The molecule has 0 bridgehead atoms. The molecule has 0 atom stereocenters. The highest BCUT2D eigenvalue weighted by molar-refractivity contribution is 6.02. The van der Waals surface area contributed by atoms with Gasteiger partial charge in [0.1, 0.15) is 5.82 Å². The SMILES string of the molecule is CC(=O)N/N=C(\CN1CCC(CN2Cc3ccccc3C2=O)CC1)c1ccc(F)cc1.O=C(O)/C=C/C(=O)O. The van der Waals surface area contributed by atoms with Crippen LogP contribution in [-0.2, 0) is 20.9 Å². The molecule has 11 heteroatoms. The molecule has 2 aromatic carbocycles. The Bertz CT molecular complexity index is 1240. The van der Waals surface area contributed by atoms with E-state index in [0.717, 1.165) is 49.2 Å². The highest BCUT2D eigenvalue weighted by Crippen LogP contribution is 2.26. The van der Waals surface area contributed by atoms with Gasteiger partial charge in [0, 0.05) is 44.3 Å². The second-order valence-electron chi connectivity index (χ2n) is 9.31. The van der Waals surface area contributed by atoms with Crippen LogP contribution in [0.5, 0.6) is 0 Å². The molecule has 1 fully saturated rings. The zero-order chi connectivity index (χ0) is 28.4. The molecule has 2 aliphatic heterocycles. The predicted molar refractivity (Wildman–Crippen MR) is 142 cm³/mol. The lowest BCUT2D eigenvalue weighted by atomic mass is 9.95. The maximum atomic E-state index is 13.3. The molecule has 2 amide bonds. The van der Waals surface area contributed by atoms with E-state index in [-0.39, 0.29) is 17.6 Å². The summed E-state index contributed by atoms with van der Waals surface area (Å²) in [5.41, 5.74) is 5.95. The molecule has 39 heavy (non-hydrogen) atoms. The van der Waals surface area contributed by atoms with Gasteiger partial charge >= 0.3 is 11.9 Å². The maximum Gasteiger partial charge on any atom is 0.328 e. The lowest BCUT2D eigenvalue weighted by Gasteiger charge is -2.34. The second kappa shape index (κ2) is 14.0. The Morgan fingerprint density at radius 1 is 1.03 bits per heavy atom. The number of aliphatic carboxylic acids is 2. The van der Waals surface area contributed by atoms with E-state index in [1.807, 2.05) is 29.2 Å². The molecule has 0 radical (unpaired) electrons. The van der Waals surface area contributed by atoms with E-state index in [2.05, 4.69) is 15.4 Å². The van der Waals surface area contributed by atoms with Gasteiger partial charge < -0.3 is 15.1 Å². The van der Waals surface area contributed by atoms with Crippen LogP contribution in [0.15, 0.2) is 65.8 Å². The standard InChI is InChI=1S/C24H27FN4O2.C4H4O4/c1-17(30)26-27-23(19-6-8-21(25)9-7-19)16-28-12-10-18(11-13-28)14-29-15-20-4-2-3-5-22(20)24(29)31;5-3(6)1-2-4(7)8/h2-9,18H,10-16H2,1H3,(H,26,30);1-2H,(H,5,6)(H,7,8)/b27-23+;2-1+. The maximum absolute atomic E-state index is 13.3. The van der Waals surface area contributed by atoms with Crippen molar-refractivity contribution in [1.82, 2.24) is 15.2 Å². The topological polar surface area (TPSA) is 140 Å². The van der Waals surface area contributed by atoms with Gasteiger partial charge in [0.25, 0.3) is 5.91 Å². The number of carboxylic acids is 2. The van der Waals surface area contributed by atoms with Gasteiger partial charge in [-0.25, -0.2) is 19.4 Å². The van der Waals surface area contributed by atoms with Gasteiger partial charge in [-0.1, -0.05) is 30.3 Å². The third kappa shape index (κ3) is 9.15. The van der Waals surface area contributed by atoms with Gasteiger partial charge in [0.05, 0.1) is 5.71 Å². The van der Waals surface area contributed by atoms with Gasteiger partial charge in [-0.3, -0.25) is 14.5 Å². The number of carbonyl (C=O) groups excluding carboxylic acids is 2. The van der Waals surface area contributed by atoms with Crippen LogP contribution < -0.4 is 5.43 Å². The predicted octanol–water partition coefficient (Wildman–Crippen LogP) is 2.75. The number of benzene rings is 2. The fourth-order valence-corrected chi connectivity index (χ4v) is 4.43. The molecule has 10 nitrogen and oxygen atoms in total. The smallest absolute Gasteiger partial charge is 0.328 e. The number of nitrogens with one attached hydrogen (secondary N) is 1. The number of hydrogen-bond acceptors (Lipinski definition) is 6. The summed E-state index contributed by atoms with van der Waals surface area (Å²) in [6.07, 6.45) is 3.11. The van der Waals surface area contributed by atoms with Gasteiger partial charge in [0.2, 0.25) is 5.91 Å². The van der Waals surface area contributed by atoms with Crippen molar-refractivity contribution in [3.8, 4) is 0 Å². The Kier molecular flexibility index (Phi) is 10.4. The third-order valence-electron chi connectivity index (χ3n) is 6.35. The van der Waals surface area contributed by atoms with Gasteiger partial charge in [0.15, 0.2) is 0 Å². The Labute approximate surface area is 225 Å². The molecule has 3 N–H and O–H groups in total. The molecule has 0 aromatic heterocycles. The van der Waals surface area contributed by atoms with E-state index in [9.17, 15) is 23.6 Å². The van der Waals surface area contributed by atoms with Gasteiger partial charge in [-0.2, -0.15) is 5.10 Å². The number of hydrazone groups is 1. The van der Waals surface area contributed by atoms with Crippen LogP contribution in [-0.4, -0.2) is 75.7 Å². The zero-order valence-corrected chi connectivity index (χ0v) is 21.5. The number of likely N-dealkylation sites (tertiary alicyclic amines) is 1. The van der Waals surface area contributed by atoms with Crippen LogP contribution in [0.2, 0.25) is 0 Å². The summed E-state index contributed by atoms with van der Waals surface area (Å²) < 4.78 is 13.3. The fourth-order valence-electron chi connectivity index (χ4n) is 4.43. The van der Waals surface area contributed by atoms with Gasteiger partial charge in [-0.15, -0.1) is 0 Å². The Balaban J connectivity index is 0.000000459. The summed E-state index contributed by atoms with van der Waals surface area (Å²) in [5, 5.41) is 19.9. The number of halogens is 1. The minimum Gasteiger partial charge on any atom is -0.478 e. The number of carboxylic acid groups (broad SMARTS) is 2. The molecule has 0 spiro atoms. The number of piperidine rings is 1. The summed E-state index contributed by atoms with van der Waals surface area (Å²) in [6.45, 7) is 5.25. The van der Waals surface area contributed by atoms with Gasteiger partial charge in [-0.05, 0) is 61.2 Å². The quantitative estimate of drug-likeness (QED) is 0.267. The number of nitrogens with zero attached hydrogens (tertiary/aromatic N) is 3. The molecule has 0 unspecified atom stereocenters.